The molecular weight excluding hydrogens is 340 g/mol. The topological polar surface area (TPSA) is 56.3 Å². The van der Waals surface area contributed by atoms with Gasteiger partial charge in [-0.25, -0.2) is 9.98 Å². The second kappa shape index (κ2) is 7.22. The van der Waals surface area contributed by atoms with E-state index in [4.69, 9.17) is 13.9 Å². The Morgan fingerprint density at radius 1 is 0.815 bits per heavy atom. The first kappa shape index (κ1) is 17.8. The summed E-state index contributed by atoms with van der Waals surface area (Å²) in [5.41, 5.74) is 1.50. The van der Waals surface area contributed by atoms with Crippen LogP contribution in [0.25, 0.3) is 22.9 Å². The molecule has 0 spiro atoms. The van der Waals surface area contributed by atoms with Gasteiger partial charge in [0.15, 0.2) is 0 Å². The summed E-state index contributed by atoms with van der Waals surface area (Å²) in [6.07, 6.45) is 3.77. The third-order valence-corrected chi connectivity index (χ3v) is 5.12. The van der Waals surface area contributed by atoms with Crippen molar-refractivity contribution in [2.24, 2.45) is 21.8 Å². The van der Waals surface area contributed by atoms with Crippen LogP contribution in [0, 0.1) is 11.8 Å². The van der Waals surface area contributed by atoms with Gasteiger partial charge in [-0.15, -0.1) is 0 Å². The van der Waals surface area contributed by atoms with Gasteiger partial charge in [0.25, 0.3) is 0 Å². The highest BCUT2D eigenvalue weighted by Gasteiger charge is 2.22. The molecular formula is C22H26N2O3. The second-order valence-corrected chi connectivity index (χ2v) is 7.84. The van der Waals surface area contributed by atoms with Crippen LogP contribution < -0.4 is 10.8 Å². The zero-order chi connectivity index (χ0) is 19.0. The van der Waals surface area contributed by atoms with Crippen LogP contribution in [0.1, 0.15) is 27.7 Å². The van der Waals surface area contributed by atoms with E-state index in [9.17, 15) is 0 Å². The highest BCUT2D eigenvalue weighted by Crippen LogP contribution is 2.16. The van der Waals surface area contributed by atoms with Gasteiger partial charge in [-0.2, -0.15) is 0 Å². The van der Waals surface area contributed by atoms with Crippen LogP contribution in [-0.2, 0) is 9.47 Å². The molecule has 2 aliphatic rings. The third-order valence-electron chi connectivity index (χ3n) is 5.12. The number of benzene rings is 1. The van der Waals surface area contributed by atoms with E-state index in [1.807, 2.05) is 36.4 Å². The molecule has 0 radical (unpaired) electrons. The van der Waals surface area contributed by atoms with Gasteiger partial charge in [0.2, 0.25) is 11.8 Å². The number of rotatable bonds is 4. The van der Waals surface area contributed by atoms with Gasteiger partial charge >= 0.3 is 0 Å². The van der Waals surface area contributed by atoms with Crippen molar-refractivity contribution in [1.29, 1.82) is 0 Å². The van der Waals surface area contributed by atoms with Crippen LogP contribution in [0.2, 0.25) is 0 Å². The molecule has 2 aliphatic heterocycles. The summed E-state index contributed by atoms with van der Waals surface area (Å²) in [5, 5.41) is 2.06. The zero-order valence-electron chi connectivity index (χ0n) is 16.3. The molecule has 0 bridgehead atoms. The van der Waals surface area contributed by atoms with E-state index in [0.717, 1.165) is 21.6 Å². The predicted octanol–water partition coefficient (Wildman–Crippen LogP) is 2.90. The van der Waals surface area contributed by atoms with E-state index in [1.165, 1.54) is 0 Å². The van der Waals surface area contributed by atoms with Crippen molar-refractivity contribution >= 4 is 34.7 Å². The number of hydrogen-bond donors (Lipinski definition) is 0. The van der Waals surface area contributed by atoms with Crippen molar-refractivity contribution in [2.75, 3.05) is 13.2 Å². The van der Waals surface area contributed by atoms with Crippen LogP contribution in [0.15, 0.2) is 38.7 Å². The van der Waals surface area contributed by atoms with E-state index >= 15 is 0 Å². The predicted molar refractivity (Wildman–Crippen MR) is 108 cm³/mol. The number of hydrogen-bond acceptors (Lipinski definition) is 5. The molecule has 3 heterocycles. The summed E-state index contributed by atoms with van der Waals surface area (Å²) in [5.74, 6) is 2.18. The minimum atomic E-state index is 0.206. The number of fused-ring (bicyclic) bond motifs is 1. The maximum absolute atomic E-state index is 6.15. The number of aliphatic imine (C=N–C) groups is 2. The molecule has 0 amide bonds. The zero-order valence-corrected chi connectivity index (χ0v) is 16.3. The molecule has 2 atom stereocenters. The minimum Gasteiger partial charge on any atom is -0.476 e. The summed E-state index contributed by atoms with van der Waals surface area (Å²) in [4.78, 5) is 9.30. The lowest BCUT2D eigenvalue weighted by atomic mass is 10.1. The summed E-state index contributed by atoms with van der Waals surface area (Å²) in [7, 11) is 0. The van der Waals surface area contributed by atoms with Gasteiger partial charge in [-0.1, -0.05) is 52.0 Å². The average molecular weight is 366 g/mol. The van der Waals surface area contributed by atoms with Crippen LogP contribution in [0.5, 0.6) is 0 Å². The molecule has 2 unspecified atom stereocenters. The first-order valence-corrected chi connectivity index (χ1v) is 9.63. The van der Waals surface area contributed by atoms with E-state index in [1.54, 1.807) is 0 Å². The van der Waals surface area contributed by atoms with E-state index in [2.05, 4.69) is 37.7 Å². The van der Waals surface area contributed by atoms with Gasteiger partial charge in [-0.3, -0.25) is 0 Å². The van der Waals surface area contributed by atoms with Crippen molar-refractivity contribution in [3.8, 4) is 0 Å². The standard InChI is InChI=1S/C22H26N2O3/c1-13(2)17-11-25-21(23-17)9-19-15-7-5-6-8-16(15)20(27-19)10-22-24-18(12-26-22)14(3)4/h5-10,13-14,17-18H,11-12H2,1-4H3/b19-9-,20-10-. The molecule has 142 valence electrons. The Hall–Kier alpha value is -2.56. The first-order chi connectivity index (χ1) is 13.0. The highest BCUT2D eigenvalue weighted by atomic mass is 16.5. The Balaban J connectivity index is 1.77. The Morgan fingerprint density at radius 2 is 1.26 bits per heavy atom. The first-order valence-electron chi connectivity index (χ1n) is 9.63. The van der Waals surface area contributed by atoms with Crippen molar-refractivity contribution in [2.45, 2.75) is 39.8 Å². The summed E-state index contributed by atoms with van der Waals surface area (Å²) in [6.45, 7) is 9.88. The van der Waals surface area contributed by atoms with E-state index < -0.39 is 0 Å². The summed E-state index contributed by atoms with van der Waals surface area (Å²) in [6, 6.07) is 8.52. The average Bonchev–Trinajstić information content (AvgIpc) is 3.36. The lowest BCUT2D eigenvalue weighted by Gasteiger charge is -2.06. The molecule has 0 N–H and O–H groups in total. The molecule has 1 aromatic heterocycles. The van der Waals surface area contributed by atoms with Gasteiger partial charge < -0.3 is 13.9 Å². The smallest absolute Gasteiger partial charge is 0.212 e. The monoisotopic (exact) mass is 366 g/mol. The maximum atomic E-state index is 6.15. The van der Waals surface area contributed by atoms with E-state index in [0.29, 0.717) is 36.8 Å². The van der Waals surface area contributed by atoms with Gasteiger partial charge in [0, 0.05) is 22.9 Å². The second-order valence-electron chi connectivity index (χ2n) is 7.84. The molecule has 0 saturated carbocycles. The molecule has 27 heavy (non-hydrogen) atoms. The van der Waals surface area contributed by atoms with Crippen LogP contribution in [0.3, 0.4) is 0 Å². The fourth-order valence-electron chi connectivity index (χ4n) is 3.24. The lowest BCUT2D eigenvalue weighted by molar-refractivity contribution is 0.294. The maximum Gasteiger partial charge on any atom is 0.212 e. The molecule has 0 aliphatic carbocycles. The number of nitrogens with zero attached hydrogens (tertiary/aromatic N) is 2. The molecule has 4 rings (SSSR count). The molecule has 0 fully saturated rings. The third kappa shape index (κ3) is 3.64. The fourth-order valence-corrected chi connectivity index (χ4v) is 3.24. The Bertz CT molecular complexity index is 934. The van der Waals surface area contributed by atoms with Crippen molar-refractivity contribution < 1.29 is 13.9 Å². The Morgan fingerprint density at radius 3 is 1.63 bits per heavy atom. The lowest BCUT2D eigenvalue weighted by Crippen LogP contribution is -2.13. The van der Waals surface area contributed by atoms with Crippen molar-refractivity contribution in [1.82, 2.24) is 0 Å². The summed E-state index contributed by atoms with van der Waals surface area (Å²) < 4.78 is 17.6. The summed E-state index contributed by atoms with van der Waals surface area (Å²) >= 11 is 0. The quantitative estimate of drug-likeness (QED) is 0.836. The number of ether oxygens (including phenoxy) is 2. The minimum absolute atomic E-state index is 0.206. The normalized spacial score (nSPS) is 23.9. The highest BCUT2D eigenvalue weighted by molar-refractivity contribution is 6.08. The van der Waals surface area contributed by atoms with Crippen molar-refractivity contribution in [3.63, 3.8) is 0 Å². The van der Waals surface area contributed by atoms with Crippen molar-refractivity contribution in [3.05, 3.63) is 35.1 Å². The molecule has 0 saturated heterocycles. The fraction of sp³-hybridized carbons (Fsp3) is 0.455. The largest absolute Gasteiger partial charge is 0.476 e. The van der Waals surface area contributed by atoms with Crippen LogP contribution in [0.4, 0.5) is 0 Å². The Labute approximate surface area is 159 Å². The number of furan rings is 1. The van der Waals surface area contributed by atoms with E-state index in [-0.39, 0.29) is 12.1 Å². The molecule has 5 nitrogen and oxygen atoms in total. The van der Waals surface area contributed by atoms with Gasteiger partial charge in [-0.05, 0) is 11.8 Å². The van der Waals surface area contributed by atoms with Crippen LogP contribution >= 0.6 is 0 Å². The molecule has 1 aromatic carbocycles. The van der Waals surface area contributed by atoms with Crippen LogP contribution in [-0.4, -0.2) is 37.1 Å². The Kier molecular flexibility index (Phi) is 4.77. The molecule has 2 aromatic rings. The molecule has 5 heteroatoms. The van der Waals surface area contributed by atoms with Gasteiger partial charge in [0.1, 0.15) is 24.0 Å². The SMILES string of the molecule is CC(C)C1COC(/C=c2\o/c(=C\C3=NC(C(C)C)CO3)c3ccccc23)=N1. The van der Waals surface area contributed by atoms with Gasteiger partial charge in [0.05, 0.1) is 12.1 Å².